The molecule has 2 aromatic rings. The molecule has 0 atom stereocenters. The van der Waals surface area contributed by atoms with Gasteiger partial charge in [-0.15, -0.1) is 11.3 Å². The molecule has 0 saturated heterocycles. The molecule has 0 unspecified atom stereocenters. The Morgan fingerprint density at radius 1 is 1.47 bits per heavy atom. The van der Waals surface area contributed by atoms with Crippen molar-refractivity contribution in [2.45, 2.75) is 39.3 Å². The third-order valence-corrected chi connectivity index (χ3v) is 5.64. The second-order valence-corrected chi connectivity index (χ2v) is 6.88. The van der Waals surface area contributed by atoms with Crippen molar-refractivity contribution >= 4 is 27.8 Å². The summed E-state index contributed by atoms with van der Waals surface area (Å²) in [6.45, 7) is 4.27. The zero-order chi connectivity index (χ0) is 13.2. The lowest BCUT2D eigenvalue weighted by atomic mass is 10.1. The highest BCUT2D eigenvalue weighted by Crippen LogP contribution is 2.32. The van der Waals surface area contributed by atoms with Crippen molar-refractivity contribution in [3.8, 4) is 0 Å². The molecule has 0 aliphatic carbocycles. The van der Waals surface area contributed by atoms with E-state index < -0.39 is 0 Å². The monoisotopic (exact) mass is 294 g/mol. The van der Waals surface area contributed by atoms with Gasteiger partial charge in [-0.25, -0.2) is 4.98 Å². The van der Waals surface area contributed by atoms with Crippen LogP contribution in [0.4, 0.5) is 5.13 Å². The molecule has 3 rings (SSSR count). The molecule has 3 heterocycles. The lowest BCUT2D eigenvalue weighted by Gasteiger charge is -2.26. The summed E-state index contributed by atoms with van der Waals surface area (Å²) in [5.41, 5.74) is 2.52. The number of rotatable bonds is 4. The van der Waals surface area contributed by atoms with E-state index >= 15 is 0 Å². The Bertz CT molecular complexity index is 562. The number of hydrogen-bond donors (Lipinski definition) is 1. The van der Waals surface area contributed by atoms with Crippen LogP contribution < -0.4 is 4.90 Å². The first-order valence-electron chi connectivity index (χ1n) is 6.71. The van der Waals surface area contributed by atoms with E-state index in [1.807, 2.05) is 11.3 Å². The average Bonchev–Trinajstić information content (AvgIpc) is 3.04. The Morgan fingerprint density at radius 3 is 3.16 bits per heavy atom. The molecular formula is C14H18N2OS2. The fourth-order valence-corrected chi connectivity index (χ4v) is 4.35. The van der Waals surface area contributed by atoms with E-state index in [-0.39, 0.29) is 6.61 Å². The third-order valence-electron chi connectivity index (χ3n) is 3.48. The Kier molecular flexibility index (Phi) is 3.86. The van der Waals surface area contributed by atoms with Crippen molar-refractivity contribution in [2.75, 3.05) is 11.4 Å². The fraction of sp³-hybridized carbons (Fsp3) is 0.500. The van der Waals surface area contributed by atoms with Gasteiger partial charge in [0, 0.05) is 18.0 Å². The first-order valence-corrected chi connectivity index (χ1v) is 8.41. The van der Waals surface area contributed by atoms with Crippen molar-refractivity contribution < 1.29 is 5.11 Å². The lowest BCUT2D eigenvalue weighted by molar-refractivity contribution is 0.284. The molecule has 5 heteroatoms. The predicted octanol–water partition coefficient (Wildman–Crippen LogP) is 3.21. The van der Waals surface area contributed by atoms with Crippen LogP contribution in [0, 0.1) is 0 Å². The summed E-state index contributed by atoms with van der Waals surface area (Å²) < 4.78 is 0. The average molecular weight is 294 g/mol. The highest BCUT2D eigenvalue weighted by Gasteiger charge is 2.21. The second kappa shape index (κ2) is 5.61. The Labute approximate surface area is 121 Å². The van der Waals surface area contributed by atoms with Crippen LogP contribution in [0.3, 0.4) is 0 Å². The number of nitrogens with zero attached hydrogens (tertiary/aromatic N) is 2. The number of aliphatic hydroxyl groups is 1. The maximum Gasteiger partial charge on any atom is 0.186 e. The highest BCUT2D eigenvalue weighted by molar-refractivity contribution is 7.15. The topological polar surface area (TPSA) is 36.4 Å². The summed E-state index contributed by atoms with van der Waals surface area (Å²) in [6, 6.07) is 2.22. The molecule has 2 aromatic heterocycles. The summed E-state index contributed by atoms with van der Waals surface area (Å²) in [4.78, 5) is 9.64. The molecule has 19 heavy (non-hydrogen) atoms. The van der Waals surface area contributed by atoms with Crippen LogP contribution in [-0.2, 0) is 26.0 Å². The largest absolute Gasteiger partial charge is 0.391 e. The standard InChI is InChI=1S/C14H18N2OS2/c1-2-3-11-13(9-17)19-14(15-11)16-6-4-12-10(8-16)5-7-18-12/h5,7,17H,2-4,6,8-9H2,1H3. The Balaban J connectivity index is 1.83. The van der Waals surface area contributed by atoms with Crippen molar-refractivity contribution in [1.82, 2.24) is 4.98 Å². The molecule has 1 aliphatic heterocycles. The van der Waals surface area contributed by atoms with Gasteiger partial charge in [-0.3, -0.25) is 0 Å². The molecule has 0 fully saturated rings. The minimum atomic E-state index is 0.116. The number of fused-ring (bicyclic) bond motifs is 1. The highest BCUT2D eigenvalue weighted by atomic mass is 32.1. The Morgan fingerprint density at radius 2 is 2.37 bits per heavy atom. The summed E-state index contributed by atoms with van der Waals surface area (Å²) >= 11 is 3.51. The van der Waals surface area contributed by atoms with Gasteiger partial charge >= 0.3 is 0 Å². The number of thiophene rings is 1. The van der Waals surface area contributed by atoms with E-state index in [1.165, 1.54) is 10.4 Å². The number of aromatic nitrogens is 1. The number of thiazole rings is 1. The molecule has 0 bridgehead atoms. The molecule has 0 aromatic carbocycles. The third kappa shape index (κ3) is 2.55. The number of aliphatic hydroxyl groups excluding tert-OH is 1. The normalized spacial score (nSPS) is 14.7. The van der Waals surface area contributed by atoms with Crippen molar-refractivity contribution in [3.05, 3.63) is 32.5 Å². The minimum absolute atomic E-state index is 0.116. The van der Waals surface area contributed by atoms with Gasteiger partial charge in [-0.05, 0) is 29.9 Å². The Hall–Kier alpha value is -0.910. The van der Waals surface area contributed by atoms with Crippen molar-refractivity contribution in [3.63, 3.8) is 0 Å². The van der Waals surface area contributed by atoms with Crippen LogP contribution in [0.15, 0.2) is 11.4 Å². The van der Waals surface area contributed by atoms with E-state index in [4.69, 9.17) is 4.98 Å². The van der Waals surface area contributed by atoms with E-state index in [9.17, 15) is 5.11 Å². The van der Waals surface area contributed by atoms with Gasteiger partial charge < -0.3 is 10.0 Å². The summed E-state index contributed by atoms with van der Waals surface area (Å²) in [7, 11) is 0. The van der Waals surface area contributed by atoms with Crippen molar-refractivity contribution in [2.24, 2.45) is 0 Å². The van der Waals surface area contributed by atoms with Crippen LogP contribution in [0.1, 0.15) is 34.4 Å². The van der Waals surface area contributed by atoms with Gasteiger partial charge in [-0.2, -0.15) is 0 Å². The zero-order valence-corrected chi connectivity index (χ0v) is 12.7. The van der Waals surface area contributed by atoms with E-state index in [1.54, 1.807) is 11.3 Å². The van der Waals surface area contributed by atoms with Crippen LogP contribution >= 0.6 is 22.7 Å². The molecule has 1 aliphatic rings. The molecule has 0 saturated carbocycles. The zero-order valence-electron chi connectivity index (χ0n) is 11.1. The van der Waals surface area contributed by atoms with Crippen LogP contribution in [0.5, 0.6) is 0 Å². The van der Waals surface area contributed by atoms with Gasteiger partial charge in [0.1, 0.15) is 0 Å². The summed E-state index contributed by atoms with van der Waals surface area (Å²) in [5, 5.41) is 12.7. The summed E-state index contributed by atoms with van der Waals surface area (Å²) in [5.74, 6) is 0. The number of hydrogen-bond acceptors (Lipinski definition) is 5. The predicted molar refractivity (Wildman–Crippen MR) is 81.1 cm³/mol. The van der Waals surface area contributed by atoms with Crippen LogP contribution in [0.2, 0.25) is 0 Å². The van der Waals surface area contributed by atoms with E-state index in [2.05, 4.69) is 23.3 Å². The molecule has 0 amide bonds. The van der Waals surface area contributed by atoms with E-state index in [0.717, 1.165) is 48.1 Å². The van der Waals surface area contributed by atoms with Crippen molar-refractivity contribution in [1.29, 1.82) is 0 Å². The van der Waals surface area contributed by atoms with Crippen LogP contribution in [0.25, 0.3) is 0 Å². The van der Waals surface area contributed by atoms with Gasteiger partial charge in [0.15, 0.2) is 5.13 Å². The molecule has 0 radical (unpaired) electrons. The van der Waals surface area contributed by atoms with Gasteiger partial charge in [-0.1, -0.05) is 24.7 Å². The quantitative estimate of drug-likeness (QED) is 0.940. The summed E-state index contributed by atoms with van der Waals surface area (Å²) in [6.07, 6.45) is 3.15. The lowest BCUT2D eigenvalue weighted by Crippen LogP contribution is -2.29. The van der Waals surface area contributed by atoms with Gasteiger partial charge in [0.25, 0.3) is 0 Å². The smallest absolute Gasteiger partial charge is 0.186 e. The van der Waals surface area contributed by atoms with Crippen LogP contribution in [-0.4, -0.2) is 16.6 Å². The SMILES string of the molecule is CCCc1nc(N2CCc3sccc3C2)sc1CO. The molecule has 3 nitrogen and oxygen atoms in total. The van der Waals surface area contributed by atoms with Gasteiger partial charge in [0.2, 0.25) is 0 Å². The maximum atomic E-state index is 9.44. The molecule has 102 valence electrons. The maximum absolute atomic E-state index is 9.44. The first kappa shape index (κ1) is 13.1. The molecular weight excluding hydrogens is 276 g/mol. The minimum Gasteiger partial charge on any atom is -0.391 e. The number of aryl methyl sites for hydroxylation is 1. The van der Waals surface area contributed by atoms with Gasteiger partial charge in [0.05, 0.1) is 17.2 Å². The fourth-order valence-electron chi connectivity index (χ4n) is 2.47. The van der Waals surface area contributed by atoms with E-state index in [0.29, 0.717) is 0 Å². The number of anilines is 1. The molecule has 1 N–H and O–H groups in total. The molecule has 0 spiro atoms. The second-order valence-electron chi connectivity index (χ2n) is 4.81. The first-order chi connectivity index (χ1) is 9.31.